The molecule has 28 heavy (non-hydrogen) atoms. The van der Waals surface area contributed by atoms with Gasteiger partial charge in [0.05, 0.1) is 21.4 Å². The van der Waals surface area contributed by atoms with Crippen molar-refractivity contribution < 1.29 is 24.3 Å². The summed E-state index contributed by atoms with van der Waals surface area (Å²) in [6, 6.07) is 1.52. The number of imide groups is 1. The van der Waals surface area contributed by atoms with Crippen molar-refractivity contribution in [3.8, 4) is 0 Å². The van der Waals surface area contributed by atoms with Gasteiger partial charge in [-0.3, -0.25) is 9.80 Å². The van der Waals surface area contributed by atoms with Crippen molar-refractivity contribution in [1.29, 1.82) is 0 Å². The number of anilines is 1. The van der Waals surface area contributed by atoms with E-state index in [0.717, 1.165) is 4.90 Å². The summed E-state index contributed by atoms with van der Waals surface area (Å²) in [5.74, 6) is -1.18. The van der Waals surface area contributed by atoms with Crippen molar-refractivity contribution in [2.75, 3.05) is 19.0 Å². The van der Waals surface area contributed by atoms with Crippen molar-refractivity contribution in [3.63, 3.8) is 0 Å². The maximum atomic E-state index is 12.7. The Morgan fingerprint density at radius 3 is 2.32 bits per heavy atom. The van der Waals surface area contributed by atoms with Crippen LogP contribution in [0.2, 0.25) is 10.0 Å². The van der Waals surface area contributed by atoms with Crippen LogP contribution in [0.5, 0.6) is 0 Å². The molecule has 4 amide bonds. The topological polar surface area (TPSA) is 103 Å². The number of carboxylic acid groups (broad SMARTS) is 1. The van der Waals surface area contributed by atoms with E-state index >= 15 is 0 Å². The molecule has 9 nitrogen and oxygen atoms in total. The molecule has 2 heterocycles. The third-order valence-corrected chi connectivity index (χ3v) is 5.89. The van der Waals surface area contributed by atoms with Gasteiger partial charge in [-0.05, 0) is 19.1 Å². The molecule has 2 aliphatic heterocycles. The number of urea groups is 2. The van der Waals surface area contributed by atoms with E-state index in [1.165, 1.54) is 43.0 Å². The summed E-state index contributed by atoms with van der Waals surface area (Å²) in [7, 11) is 2.99. The minimum absolute atomic E-state index is 0.0520. The molecule has 1 N–H and O–H groups in total. The lowest BCUT2D eigenvalue weighted by Gasteiger charge is -2.42. The van der Waals surface area contributed by atoms with Crippen LogP contribution >= 0.6 is 35.8 Å². The van der Waals surface area contributed by atoms with Gasteiger partial charge in [0, 0.05) is 26.1 Å². The number of hydrogen-bond acceptors (Lipinski definition) is 6. The fraction of sp³-hybridized carbons (Fsp3) is 0.375. The molecule has 0 saturated carbocycles. The minimum Gasteiger partial charge on any atom is -0.478 e. The Labute approximate surface area is 175 Å². The number of carbonyl (C=O) groups is 3. The van der Waals surface area contributed by atoms with Crippen LogP contribution in [-0.2, 0) is 9.63 Å². The molecule has 1 aromatic rings. The Hall–Kier alpha value is -2.17. The van der Waals surface area contributed by atoms with Crippen molar-refractivity contribution >= 4 is 65.3 Å². The number of carbonyl (C=O) groups excluding carboxylic acids is 2. The molecule has 0 spiro atoms. The number of oxime groups is 1. The van der Waals surface area contributed by atoms with E-state index in [1.54, 1.807) is 0 Å². The van der Waals surface area contributed by atoms with Gasteiger partial charge in [-0.2, -0.15) is 0 Å². The average molecular weight is 447 g/mol. The van der Waals surface area contributed by atoms with E-state index in [4.69, 9.17) is 28.0 Å². The van der Waals surface area contributed by atoms with Gasteiger partial charge in [0.1, 0.15) is 0 Å². The molecular formula is C16H16Cl2N4O5S. The number of aliphatic carboxylic acids is 1. The zero-order valence-electron chi connectivity index (χ0n) is 15.0. The van der Waals surface area contributed by atoms with Crippen LogP contribution in [0.4, 0.5) is 15.3 Å². The molecular weight excluding hydrogens is 431 g/mol. The maximum absolute atomic E-state index is 12.7. The number of halogens is 2. The predicted molar refractivity (Wildman–Crippen MR) is 106 cm³/mol. The second-order valence-corrected chi connectivity index (χ2v) is 7.87. The van der Waals surface area contributed by atoms with Gasteiger partial charge in [0.25, 0.3) is 0 Å². The smallest absolute Gasteiger partial charge is 0.351 e. The first-order valence-electron chi connectivity index (χ1n) is 7.97. The summed E-state index contributed by atoms with van der Waals surface area (Å²) in [5.41, 5.74) is -1.61. The molecule has 12 heteroatoms. The number of carboxylic acids is 1. The fourth-order valence-electron chi connectivity index (χ4n) is 2.79. The molecule has 2 aliphatic rings. The highest BCUT2D eigenvalue weighted by Crippen LogP contribution is 2.37. The number of hydrogen-bond donors (Lipinski definition) is 2. The highest BCUT2D eigenvalue weighted by Gasteiger charge is 2.44. The lowest BCUT2D eigenvalue weighted by Crippen LogP contribution is -2.62. The second kappa shape index (κ2) is 7.02. The van der Waals surface area contributed by atoms with Crippen LogP contribution in [0.25, 0.3) is 0 Å². The molecule has 1 atom stereocenters. The quantitative estimate of drug-likeness (QED) is 0.694. The van der Waals surface area contributed by atoms with Gasteiger partial charge in [-0.15, -0.1) is 12.6 Å². The van der Waals surface area contributed by atoms with Crippen molar-refractivity contribution in [2.24, 2.45) is 5.16 Å². The number of amides is 4. The third kappa shape index (κ3) is 3.15. The number of nitrogens with zero attached hydrogens (tertiary/aromatic N) is 4. The molecule has 150 valence electrons. The zero-order valence-corrected chi connectivity index (χ0v) is 17.4. The van der Waals surface area contributed by atoms with E-state index in [1.807, 2.05) is 0 Å². The molecule has 3 rings (SSSR count). The van der Waals surface area contributed by atoms with Gasteiger partial charge < -0.3 is 9.94 Å². The Morgan fingerprint density at radius 1 is 1.25 bits per heavy atom. The molecule has 1 fully saturated rings. The monoisotopic (exact) mass is 446 g/mol. The maximum Gasteiger partial charge on any atom is 0.351 e. The van der Waals surface area contributed by atoms with Gasteiger partial charge in [-0.1, -0.05) is 28.4 Å². The first kappa shape index (κ1) is 20.6. The minimum atomic E-state index is -1.53. The summed E-state index contributed by atoms with van der Waals surface area (Å²) in [6.07, 6.45) is -0.0520. The lowest BCUT2D eigenvalue weighted by atomic mass is 9.96. The molecule has 0 aromatic heterocycles. The van der Waals surface area contributed by atoms with Crippen LogP contribution < -0.4 is 4.90 Å². The van der Waals surface area contributed by atoms with Crippen LogP contribution in [0.15, 0.2) is 17.3 Å². The predicted octanol–water partition coefficient (Wildman–Crippen LogP) is 3.10. The number of benzene rings is 1. The summed E-state index contributed by atoms with van der Waals surface area (Å²) in [6.45, 7) is 1.38. The van der Waals surface area contributed by atoms with E-state index in [9.17, 15) is 19.5 Å². The van der Waals surface area contributed by atoms with Crippen LogP contribution in [0.3, 0.4) is 0 Å². The Bertz CT molecular complexity index is 905. The zero-order chi connectivity index (χ0) is 21.0. The highest BCUT2D eigenvalue weighted by molar-refractivity contribution is 7.80. The molecule has 1 unspecified atom stereocenters. The Kier molecular flexibility index (Phi) is 5.15. The van der Waals surface area contributed by atoms with E-state index < -0.39 is 29.1 Å². The SMILES string of the molecule is CN1C(=O)N(c2cc(C3=NOC(C)(C(=O)O)C3)c(Cl)cc2Cl)C(=O)N(C)C1S. The average Bonchev–Trinajstić information content (AvgIpc) is 3.03. The van der Waals surface area contributed by atoms with Gasteiger partial charge >= 0.3 is 18.0 Å². The van der Waals surface area contributed by atoms with Gasteiger partial charge in [0.2, 0.25) is 5.60 Å². The third-order valence-electron chi connectivity index (χ3n) is 4.58. The van der Waals surface area contributed by atoms with Gasteiger partial charge in [-0.25, -0.2) is 19.3 Å². The summed E-state index contributed by atoms with van der Waals surface area (Å²) >= 11 is 16.7. The van der Waals surface area contributed by atoms with Gasteiger partial charge in [0.15, 0.2) is 5.50 Å². The van der Waals surface area contributed by atoms with Crippen molar-refractivity contribution in [2.45, 2.75) is 24.4 Å². The first-order chi connectivity index (χ1) is 13.0. The summed E-state index contributed by atoms with van der Waals surface area (Å²) in [4.78, 5) is 45.2. The van der Waals surface area contributed by atoms with Crippen molar-refractivity contribution in [3.05, 3.63) is 27.7 Å². The summed E-state index contributed by atoms with van der Waals surface area (Å²) < 4.78 is 0. The standard InChI is InChI=1S/C16H16Cl2N4O5S/c1-16(12(23)24)6-10(19-27-16)7-4-11(9(18)5-8(7)17)22-13(25)20(2)15(28)21(3)14(22)26/h4-5,15,28H,6H2,1-3H3,(H,23,24). The summed E-state index contributed by atoms with van der Waals surface area (Å²) in [5, 5.41) is 13.4. The number of thiol groups is 1. The second-order valence-electron chi connectivity index (χ2n) is 6.59. The lowest BCUT2D eigenvalue weighted by molar-refractivity contribution is -0.160. The largest absolute Gasteiger partial charge is 0.478 e. The van der Waals surface area contributed by atoms with E-state index in [2.05, 4.69) is 17.8 Å². The first-order valence-corrected chi connectivity index (χ1v) is 9.25. The van der Waals surface area contributed by atoms with Crippen LogP contribution in [0.1, 0.15) is 18.9 Å². The highest BCUT2D eigenvalue weighted by atomic mass is 35.5. The number of rotatable bonds is 3. The molecule has 1 saturated heterocycles. The molecule has 0 aliphatic carbocycles. The van der Waals surface area contributed by atoms with E-state index in [-0.39, 0.29) is 27.9 Å². The molecule has 0 radical (unpaired) electrons. The van der Waals surface area contributed by atoms with Crippen LogP contribution in [0, 0.1) is 0 Å². The van der Waals surface area contributed by atoms with Crippen molar-refractivity contribution in [1.82, 2.24) is 9.80 Å². The van der Waals surface area contributed by atoms with Crippen LogP contribution in [-0.4, -0.2) is 63.8 Å². The fourth-order valence-corrected chi connectivity index (χ4v) is 3.56. The normalized spacial score (nSPS) is 23.2. The molecule has 1 aromatic carbocycles. The van der Waals surface area contributed by atoms with E-state index in [0.29, 0.717) is 5.56 Å². The molecule has 0 bridgehead atoms. The Balaban J connectivity index is 2.05. The Morgan fingerprint density at radius 2 is 1.82 bits per heavy atom.